The zero-order chi connectivity index (χ0) is 24.0. The van der Waals surface area contributed by atoms with E-state index in [1.807, 2.05) is 78.9 Å². The minimum atomic E-state index is -1.43. The highest BCUT2D eigenvalue weighted by Gasteiger charge is 2.56. The van der Waals surface area contributed by atoms with Crippen molar-refractivity contribution in [3.8, 4) is 5.69 Å². The van der Waals surface area contributed by atoms with Gasteiger partial charge in [-0.05, 0) is 24.3 Å². The largest absolute Gasteiger partial charge is 0.360 e. The molecule has 0 bridgehead atoms. The van der Waals surface area contributed by atoms with Gasteiger partial charge in [0.05, 0.1) is 5.69 Å². The Morgan fingerprint density at radius 1 is 0.486 bits per heavy atom. The maximum atomic E-state index is 14.1. The van der Waals surface area contributed by atoms with E-state index in [2.05, 4.69) is 0 Å². The molecule has 6 rings (SSSR count). The van der Waals surface area contributed by atoms with Gasteiger partial charge in [0, 0.05) is 16.8 Å². The van der Waals surface area contributed by atoms with Gasteiger partial charge in [0.25, 0.3) is 0 Å². The van der Waals surface area contributed by atoms with Gasteiger partial charge in [0.15, 0.2) is 5.66 Å². The maximum Gasteiger partial charge on any atom is 0.360 e. The zero-order valence-electron chi connectivity index (χ0n) is 18.6. The molecule has 7 heteroatoms. The van der Waals surface area contributed by atoms with Crippen LogP contribution in [0.4, 0.5) is 10.5 Å². The first-order valence-electron chi connectivity index (χ1n) is 11.2. The highest BCUT2D eigenvalue weighted by molar-refractivity contribution is 5.98. The van der Waals surface area contributed by atoms with E-state index >= 15 is 0 Å². The molecule has 7 nitrogen and oxygen atoms in total. The van der Waals surface area contributed by atoms with Crippen molar-refractivity contribution in [1.29, 1.82) is 0 Å². The standard InChI is InChI=1S/C28H20N4O3/c33-25-29(23-17-9-3-10-18-23)26(34)32-28(21-13-5-1-6-14-21,22-15-7-2-8-16-22)30(27(35)31(25)32)24-19-11-4-12-20-24/h1-20H. The van der Waals surface area contributed by atoms with Crippen LogP contribution >= 0.6 is 0 Å². The third-order valence-corrected chi connectivity index (χ3v) is 6.33. The molecule has 0 fully saturated rings. The zero-order valence-corrected chi connectivity index (χ0v) is 18.6. The molecular weight excluding hydrogens is 440 g/mol. The quantitative estimate of drug-likeness (QED) is 0.407. The van der Waals surface area contributed by atoms with E-state index in [0.29, 0.717) is 22.5 Å². The van der Waals surface area contributed by atoms with E-state index in [4.69, 9.17) is 0 Å². The molecule has 1 amide bonds. The first-order chi connectivity index (χ1) is 17.2. The Hall–Kier alpha value is -4.91. The molecule has 1 aliphatic heterocycles. The fraction of sp³-hybridized carbons (Fsp3) is 0.0357. The van der Waals surface area contributed by atoms with Gasteiger partial charge in [0.1, 0.15) is 0 Å². The number of benzene rings is 4. The number of hydrogen-bond acceptors (Lipinski definition) is 3. The van der Waals surface area contributed by atoms with Crippen LogP contribution in [-0.4, -0.2) is 20.0 Å². The van der Waals surface area contributed by atoms with Gasteiger partial charge in [0.2, 0.25) is 0 Å². The smallest absolute Gasteiger partial charge is 0.258 e. The topological polar surface area (TPSA) is 69.2 Å². The Balaban J connectivity index is 1.80. The summed E-state index contributed by atoms with van der Waals surface area (Å²) in [5.74, 6) is 0. The third kappa shape index (κ3) is 2.81. The number of fused-ring (bicyclic) bond motifs is 1. The minimum absolute atomic E-state index is 0.394. The van der Waals surface area contributed by atoms with E-state index in [1.165, 1.54) is 9.58 Å². The predicted molar refractivity (Wildman–Crippen MR) is 133 cm³/mol. The average molecular weight is 460 g/mol. The molecule has 2 heterocycles. The second-order valence-electron chi connectivity index (χ2n) is 8.22. The number of amides is 1. The van der Waals surface area contributed by atoms with E-state index in [0.717, 1.165) is 9.25 Å². The molecule has 0 spiro atoms. The Bertz CT molecular complexity index is 1600. The summed E-state index contributed by atoms with van der Waals surface area (Å²) in [7, 11) is 0. The van der Waals surface area contributed by atoms with E-state index in [9.17, 15) is 14.4 Å². The molecule has 1 aromatic heterocycles. The van der Waals surface area contributed by atoms with Crippen LogP contribution in [0.2, 0.25) is 0 Å². The van der Waals surface area contributed by atoms with E-state index in [-0.39, 0.29) is 0 Å². The summed E-state index contributed by atoms with van der Waals surface area (Å²) in [5.41, 5.74) is -0.472. The monoisotopic (exact) mass is 460 g/mol. The molecule has 0 aliphatic carbocycles. The van der Waals surface area contributed by atoms with Crippen molar-refractivity contribution >= 4 is 11.7 Å². The first kappa shape index (κ1) is 20.7. The fourth-order valence-electron chi connectivity index (χ4n) is 4.90. The van der Waals surface area contributed by atoms with Crippen LogP contribution in [0.5, 0.6) is 0 Å². The van der Waals surface area contributed by atoms with Gasteiger partial charge < -0.3 is 0 Å². The van der Waals surface area contributed by atoms with Crippen LogP contribution in [0.1, 0.15) is 11.1 Å². The Labute approximate surface area is 200 Å². The maximum absolute atomic E-state index is 14.1. The SMILES string of the molecule is O=C1N(c2ccccc2)C(c2ccccc2)(c2ccccc2)n2c(=O)n(-c3ccccc3)c(=O)n21. The molecule has 0 saturated carbocycles. The number of carbonyl (C=O) groups is 1. The molecule has 170 valence electrons. The van der Waals surface area contributed by atoms with Crippen molar-refractivity contribution in [1.82, 2.24) is 13.9 Å². The van der Waals surface area contributed by atoms with Crippen LogP contribution in [0.25, 0.3) is 5.69 Å². The Kier molecular flexibility index (Phi) is 4.64. The predicted octanol–water partition coefficient (Wildman–Crippen LogP) is 4.04. The number of para-hydroxylation sites is 2. The van der Waals surface area contributed by atoms with Crippen molar-refractivity contribution in [2.24, 2.45) is 0 Å². The first-order valence-corrected chi connectivity index (χ1v) is 11.2. The molecule has 35 heavy (non-hydrogen) atoms. The lowest BCUT2D eigenvalue weighted by Gasteiger charge is -2.38. The second kappa shape index (κ2) is 7.85. The molecule has 0 N–H and O–H groups in total. The molecule has 0 saturated heterocycles. The molecular formula is C28H20N4O3. The van der Waals surface area contributed by atoms with Crippen LogP contribution in [0.15, 0.2) is 131 Å². The number of rotatable bonds is 4. The number of hydrogen-bond donors (Lipinski definition) is 0. The molecule has 4 aromatic carbocycles. The molecule has 0 atom stereocenters. The highest BCUT2D eigenvalue weighted by atomic mass is 16.2. The lowest BCUT2D eigenvalue weighted by Crippen LogP contribution is -2.53. The van der Waals surface area contributed by atoms with Crippen LogP contribution in [0, 0.1) is 0 Å². The van der Waals surface area contributed by atoms with Crippen LogP contribution in [0.3, 0.4) is 0 Å². The number of nitrogens with zero attached hydrogens (tertiary/aromatic N) is 4. The summed E-state index contributed by atoms with van der Waals surface area (Å²) in [5, 5.41) is 0. The van der Waals surface area contributed by atoms with Gasteiger partial charge in [-0.2, -0.15) is 4.68 Å². The van der Waals surface area contributed by atoms with Crippen LogP contribution in [-0.2, 0) is 5.66 Å². The highest BCUT2D eigenvalue weighted by Crippen LogP contribution is 2.43. The summed E-state index contributed by atoms with van der Waals surface area (Å²) < 4.78 is 3.27. The summed E-state index contributed by atoms with van der Waals surface area (Å²) in [6.45, 7) is 0. The Morgan fingerprint density at radius 2 is 0.914 bits per heavy atom. The lowest BCUT2D eigenvalue weighted by molar-refractivity contribution is 0.248. The lowest BCUT2D eigenvalue weighted by atomic mass is 9.89. The molecule has 0 radical (unpaired) electrons. The summed E-state index contributed by atoms with van der Waals surface area (Å²) in [6, 6.07) is 35.7. The van der Waals surface area contributed by atoms with Crippen molar-refractivity contribution < 1.29 is 4.79 Å². The minimum Gasteiger partial charge on any atom is -0.258 e. The molecule has 1 aliphatic rings. The summed E-state index contributed by atoms with van der Waals surface area (Å²) in [4.78, 5) is 43.4. The third-order valence-electron chi connectivity index (χ3n) is 6.33. The normalized spacial score (nSPS) is 14.2. The fourth-order valence-corrected chi connectivity index (χ4v) is 4.90. The van der Waals surface area contributed by atoms with Crippen molar-refractivity contribution in [2.45, 2.75) is 5.66 Å². The van der Waals surface area contributed by atoms with Gasteiger partial charge >= 0.3 is 17.4 Å². The Morgan fingerprint density at radius 3 is 1.40 bits per heavy atom. The summed E-state index contributed by atoms with van der Waals surface area (Å²) in [6.07, 6.45) is 0. The molecule has 0 unspecified atom stereocenters. The van der Waals surface area contributed by atoms with Gasteiger partial charge in [-0.15, -0.1) is 4.68 Å². The van der Waals surface area contributed by atoms with Gasteiger partial charge in [-0.1, -0.05) is 97.1 Å². The number of aromatic nitrogens is 3. The van der Waals surface area contributed by atoms with Gasteiger partial charge in [-0.3, -0.25) is 4.90 Å². The van der Waals surface area contributed by atoms with E-state index in [1.54, 1.807) is 42.5 Å². The average Bonchev–Trinajstić information content (AvgIpc) is 3.35. The van der Waals surface area contributed by atoms with Gasteiger partial charge in [-0.25, -0.2) is 19.0 Å². The number of carbonyl (C=O) groups excluding carboxylic acids is 1. The van der Waals surface area contributed by atoms with Crippen molar-refractivity contribution in [2.75, 3.05) is 4.90 Å². The number of anilines is 1. The second-order valence-corrected chi connectivity index (χ2v) is 8.22. The molecule has 5 aromatic rings. The van der Waals surface area contributed by atoms with Crippen molar-refractivity contribution in [3.63, 3.8) is 0 Å². The van der Waals surface area contributed by atoms with E-state index < -0.39 is 23.1 Å². The van der Waals surface area contributed by atoms with Crippen molar-refractivity contribution in [3.05, 3.63) is 153 Å². The summed E-state index contributed by atoms with van der Waals surface area (Å²) >= 11 is 0. The van der Waals surface area contributed by atoms with Crippen LogP contribution < -0.4 is 16.3 Å².